The Balaban J connectivity index is 1.54. The number of nitrogens with zero attached hydrogens (tertiary/aromatic N) is 4. The lowest BCUT2D eigenvalue weighted by Gasteiger charge is -2.09. The van der Waals surface area contributed by atoms with Gasteiger partial charge in [0, 0.05) is 19.2 Å². The van der Waals surface area contributed by atoms with Gasteiger partial charge in [0.1, 0.15) is 5.82 Å². The van der Waals surface area contributed by atoms with E-state index in [1.54, 1.807) is 14.2 Å². The van der Waals surface area contributed by atoms with Gasteiger partial charge in [-0.3, -0.25) is 4.40 Å². The number of aromatic nitrogens is 3. The normalized spacial score (nSPS) is 11.5. The molecule has 3 rings (SSSR count). The van der Waals surface area contributed by atoms with Gasteiger partial charge in [0.05, 0.1) is 20.8 Å². The molecule has 0 fully saturated rings. The lowest BCUT2D eigenvalue weighted by Crippen LogP contribution is -2.33. The van der Waals surface area contributed by atoms with Crippen LogP contribution < -0.4 is 20.5 Å². The molecule has 0 unspecified atom stereocenters. The molecular formula is C18H22N6O2. The van der Waals surface area contributed by atoms with Crippen LogP contribution >= 0.6 is 0 Å². The molecule has 0 aliphatic heterocycles. The van der Waals surface area contributed by atoms with Crippen molar-refractivity contribution in [2.24, 2.45) is 10.7 Å². The number of pyridine rings is 1. The molecule has 2 heterocycles. The first-order valence-corrected chi connectivity index (χ1v) is 8.24. The number of fused-ring (bicyclic) bond motifs is 1. The van der Waals surface area contributed by atoms with E-state index in [2.05, 4.69) is 20.5 Å². The van der Waals surface area contributed by atoms with E-state index in [0.29, 0.717) is 37.0 Å². The summed E-state index contributed by atoms with van der Waals surface area (Å²) in [6, 6.07) is 11.5. The first kappa shape index (κ1) is 17.5. The maximum absolute atomic E-state index is 5.94. The minimum Gasteiger partial charge on any atom is -0.493 e. The van der Waals surface area contributed by atoms with Crippen LogP contribution in [0.4, 0.5) is 0 Å². The Morgan fingerprint density at radius 1 is 1.15 bits per heavy atom. The molecule has 0 spiro atoms. The van der Waals surface area contributed by atoms with Crippen molar-refractivity contribution in [3.63, 3.8) is 0 Å². The number of aliphatic imine (C=N–C) groups is 1. The van der Waals surface area contributed by atoms with E-state index in [1.165, 1.54) is 0 Å². The predicted octanol–water partition coefficient (Wildman–Crippen LogP) is 1.39. The van der Waals surface area contributed by atoms with Crippen LogP contribution in [0, 0.1) is 0 Å². The Morgan fingerprint density at radius 2 is 2.00 bits per heavy atom. The van der Waals surface area contributed by atoms with Gasteiger partial charge in [-0.2, -0.15) is 0 Å². The molecule has 2 aromatic heterocycles. The summed E-state index contributed by atoms with van der Waals surface area (Å²) >= 11 is 0. The van der Waals surface area contributed by atoms with E-state index >= 15 is 0 Å². The number of hydrogen-bond donors (Lipinski definition) is 2. The minimum absolute atomic E-state index is 0.383. The second-order valence-electron chi connectivity index (χ2n) is 5.61. The third kappa shape index (κ3) is 4.02. The van der Waals surface area contributed by atoms with E-state index in [1.807, 2.05) is 47.0 Å². The average molecular weight is 354 g/mol. The van der Waals surface area contributed by atoms with Crippen molar-refractivity contribution in [3.8, 4) is 11.5 Å². The predicted molar refractivity (Wildman–Crippen MR) is 99.6 cm³/mol. The molecule has 0 aliphatic rings. The Kier molecular flexibility index (Phi) is 5.52. The summed E-state index contributed by atoms with van der Waals surface area (Å²) < 4.78 is 12.5. The Bertz CT molecular complexity index is 906. The van der Waals surface area contributed by atoms with E-state index in [9.17, 15) is 0 Å². The van der Waals surface area contributed by atoms with Gasteiger partial charge in [-0.1, -0.05) is 12.1 Å². The molecule has 8 heteroatoms. The molecule has 136 valence electrons. The molecule has 3 N–H and O–H groups in total. The highest BCUT2D eigenvalue weighted by Crippen LogP contribution is 2.27. The number of guanidine groups is 1. The topological polar surface area (TPSA) is 99.1 Å². The van der Waals surface area contributed by atoms with Gasteiger partial charge in [0.2, 0.25) is 0 Å². The standard InChI is InChI=1S/C18H22N6O2/c1-25-14-7-6-13(11-15(14)26-2)12-21-18(19)20-9-8-17-23-22-16-5-3-4-10-24(16)17/h3-7,10-11H,8-9,12H2,1-2H3,(H3,19,20,21). The monoisotopic (exact) mass is 354 g/mol. The Labute approximate surface area is 151 Å². The third-order valence-corrected chi connectivity index (χ3v) is 3.92. The first-order chi connectivity index (χ1) is 12.7. The summed E-state index contributed by atoms with van der Waals surface area (Å²) in [5.41, 5.74) is 7.75. The summed E-state index contributed by atoms with van der Waals surface area (Å²) in [7, 11) is 3.21. The summed E-state index contributed by atoms with van der Waals surface area (Å²) in [5, 5.41) is 11.4. The molecular weight excluding hydrogens is 332 g/mol. The maximum atomic E-state index is 5.94. The van der Waals surface area contributed by atoms with Crippen molar-refractivity contribution in [2.75, 3.05) is 20.8 Å². The zero-order chi connectivity index (χ0) is 18.4. The second kappa shape index (κ2) is 8.19. The van der Waals surface area contributed by atoms with Gasteiger partial charge in [-0.25, -0.2) is 4.99 Å². The SMILES string of the molecule is COc1ccc(CN=C(N)NCCc2nnc3ccccn23)cc1OC. The number of ether oxygens (including phenoxy) is 2. The molecule has 26 heavy (non-hydrogen) atoms. The van der Waals surface area contributed by atoms with Crippen molar-refractivity contribution < 1.29 is 9.47 Å². The molecule has 0 aliphatic carbocycles. The van der Waals surface area contributed by atoms with E-state index < -0.39 is 0 Å². The van der Waals surface area contributed by atoms with Gasteiger partial charge >= 0.3 is 0 Å². The molecule has 0 amide bonds. The summed E-state index contributed by atoms with van der Waals surface area (Å²) in [5.74, 6) is 2.62. The Hall–Kier alpha value is -3.29. The number of hydrogen-bond acceptors (Lipinski definition) is 5. The molecule has 0 atom stereocenters. The number of benzene rings is 1. The lowest BCUT2D eigenvalue weighted by molar-refractivity contribution is 0.354. The minimum atomic E-state index is 0.383. The summed E-state index contributed by atoms with van der Waals surface area (Å²) in [6.45, 7) is 1.07. The summed E-state index contributed by atoms with van der Waals surface area (Å²) in [6.07, 6.45) is 2.64. The molecule has 8 nitrogen and oxygen atoms in total. The van der Waals surface area contributed by atoms with E-state index in [4.69, 9.17) is 15.2 Å². The highest BCUT2D eigenvalue weighted by molar-refractivity contribution is 5.77. The molecule has 3 aromatic rings. The highest BCUT2D eigenvalue weighted by atomic mass is 16.5. The molecule has 0 saturated heterocycles. The van der Waals surface area contributed by atoms with Gasteiger partial charge < -0.3 is 20.5 Å². The fourth-order valence-corrected chi connectivity index (χ4v) is 2.58. The van der Waals surface area contributed by atoms with Crippen LogP contribution in [0.2, 0.25) is 0 Å². The van der Waals surface area contributed by atoms with Gasteiger partial charge in [-0.05, 0) is 29.8 Å². The fourth-order valence-electron chi connectivity index (χ4n) is 2.58. The van der Waals surface area contributed by atoms with Crippen molar-refractivity contribution >= 4 is 11.6 Å². The Morgan fingerprint density at radius 3 is 2.81 bits per heavy atom. The second-order valence-corrected chi connectivity index (χ2v) is 5.61. The van der Waals surface area contributed by atoms with Gasteiger partial charge in [0.15, 0.2) is 23.1 Å². The third-order valence-electron chi connectivity index (χ3n) is 3.92. The lowest BCUT2D eigenvalue weighted by atomic mass is 10.2. The van der Waals surface area contributed by atoms with E-state index in [0.717, 1.165) is 17.0 Å². The van der Waals surface area contributed by atoms with Gasteiger partial charge in [0.25, 0.3) is 0 Å². The number of nitrogens with two attached hydrogens (primary N) is 1. The van der Waals surface area contributed by atoms with Crippen LogP contribution in [-0.4, -0.2) is 41.3 Å². The molecule has 0 bridgehead atoms. The largest absolute Gasteiger partial charge is 0.493 e. The van der Waals surface area contributed by atoms with Crippen molar-refractivity contribution in [1.29, 1.82) is 0 Å². The molecule has 0 saturated carbocycles. The number of nitrogens with one attached hydrogen (secondary N) is 1. The van der Waals surface area contributed by atoms with Crippen LogP contribution in [-0.2, 0) is 13.0 Å². The van der Waals surface area contributed by atoms with Crippen LogP contribution in [0.15, 0.2) is 47.6 Å². The van der Waals surface area contributed by atoms with Crippen LogP contribution in [0.5, 0.6) is 11.5 Å². The number of rotatable bonds is 7. The van der Waals surface area contributed by atoms with Gasteiger partial charge in [-0.15, -0.1) is 10.2 Å². The quantitative estimate of drug-likeness (QED) is 0.491. The van der Waals surface area contributed by atoms with E-state index in [-0.39, 0.29) is 0 Å². The highest BCUT2D eigenvalue weighted by Gasteiger charge is 2.05. The van der Waals surface area contributed by atoms with Crippen LogP contribution in [0.25, 0.3) is 5.65 Å². The average Bonchev–Trinajstić information content (AvgIpc) is 3.09. The van der Waals surface area contributed by atoms with Crippen molar-refractivity contribution in [1.82, 2.24) is 19.9 Å². The zero-order valence-electron chi connectivity index (χ0n) is 14.8. The number of methoxy groups -OCH3 is 2. The maximum Gasteiger partial charge on any atom is 0.188 e. The van der Waals surface area contributed by atoms with Crippen molar-refractivity contribution in [2.45, 2.75) is 13.0 Å². The van der Waals surface area contributed by atoms with Crippen LogP contribution in [0.1, 0.15) is 11.4 Å². The molecule has 1 aromatic carbocycles. The van der Waals surface area contributed by atoms with Crippen molar-refractivity contribution in [3.05, 3.63) is 54.0 Å². The first-order valence-electron chi connectivity index (χ1n) is 8.24. The fraction of sp³-hybridized carbons (Fsp3) is 0.278. The molecule has 0 radical (unpaired) electrons. The zero-order valence-corrected chi connectivity index (χ0v) is 14.8. The smallest absolute Gasteiger partial charge is 0.188 e. The van der Waals surface area contributed by atoms with Crippen LogP contribution in [0.3, 0.4) is 0 Å². The summed E-state index contributed by atoms with van der Waals surface area (Å²) in [4.78, 5) is 4.35.